The van der Waals surface area contributed by atoms with Gasteiger partial charge in [-0.25, -0.2) is 4.57 Å². The van der Waals surface area contributed by atoms with Crippen molar-refractivity contribution in [1.29, 1.82) is 0 Å². The molecule has 0 heterocycles. The van der Waals surface area contributed by atoms with Gasteiger partial charge in [0, 0.05) is 14.3 Å². The van der Waals surface area contributed by atoms with Crippen LogP contribution in [0.2, 0.25) is 0 Å². The van der Waals surface area contributed by atoms with Crippen molar-refractivity contribution < 1.29 is 32.4 Å². The van der Waals surface area contributed by atoms with Gasteiger partial charge in [0.1, 0.15) is 0 Å². The zero-order valence-corrected chi connectivity index (χ0v) is 14.4. The van der Waals surface area contributed by atoms with Crippen LogP contribution in [0.1, 0.15) is 46.5 Å². The van der Waals surface area contributed by atoms with E-state index in [1.807, 2.05) is 0 Å². The van der Waals surface area contributed by atoms with Crippen LogP contribution >= 0.6 is 7.82 Å². The van der Waals surface area contributed by atoms with Gasteiger partial charge in [-0.1, -0.05) is 26.2 Å². The van der Waals surface area contributed by atoms with Crippen LogP contribution in [0.5, 0.6) is 0 Å². The molecule has 0 aromatic rings. The summed E-state index contributed by atoms with van der Waals surface area (Å²) in [5, 5.41) is 0. The summed E-state index contributed by atoms with van der Waals surface area (Å²) in [6.45, 7) is 6.81. The first kappa shape index (κ1) is 18.9. The van der Waals surface area contributed by atoms with Crippen LogP contribution in [0.15, 0.2) is 0 Å². The Hall–Kier alpha value is 0.500. The summed E-state index contributed by atoms with van der Waals surface area (Å²) in [4.78, 5) is 0. The van der Waals surface area contributed by atoms with Crippen LogP contribution in [0.4, 0.5) is 0 Å². The van der Waals surface area contributed by atoms with Crippen LogP contribution in [0, 0.1) is 14.3 Å². The molecule has 99 valence electrons. The van der Waals surface area contributed by atoms with Gasteiger partial charge in [-0.15, -0.1) is 0 Å². The van der Waals surface area contributed by atoms with Crippen molar-refractivity contribution in [2.75, 3.05) is 19.8 Å². The molecule has 4 nitrogen and oxygen atoms in total. The minimum atomic E-state index is -3.27. The van der Waals surface area contributed by atoms with E-state index < -0.39 is 7.82 Å². The fourth-order valence-corrected chi connectivity index (χ4v) is 2.34. The van der Waals surface area contributed by atoms with E-state index in [-0.39, 0.29) is 14.3 Å². The minimum Gasteiger partial charge on any atom is -0.287 e. The SMILES string of the molecule is CCCCCCOP(=O)(OCC)OCC.[Am]. The van der Waals surface area contributed by atoms with Crippen LogP contribution in [0.25, 0.3) is 0 Å². The predicted octanol–water partition coefficient (Wildman–Crippen LogP) is 3.76. The molecular weight excluding hydrogens is 458 g/mol. The second-order valence-electron chi connectivity index (χ2n) is 3.18. The Balaban J connectivity index is 0. The quantitative estimate of drug-likeness (QED) is 0.352. The molecule has 6 heteroatoms. The van der Waals surface area contributed by atoms with E-state index in [0.29, 0.717) is 19.8 Å². The molecule has 0 rings (SSSR count). The van der Waals surface area contributed by atoms with E-state index in [0.717, 1.165) is 12.8 Å². The van der Waals surface area contributed by atoms with Crippen molar-refractivity contribution in [3.8, 4) is 0 Å². The van der Waals surface area contributed by atoms with Gasteiger partial charge < -0.3 is 0 Å². The third kappa shape index (κ3) is 9.71. The second kappa shape index (κ2) is 12.0. The molecule has 0 bridgehead atoms. The summed E-state index contributed by atoms with van der Waals surface area (Å²) in [6, 6.07) is 0. The fourth-order valence-electron chi connectivity index (χ4n) is 1.13. The van der Waals surface area contributed by atoms with Gasteiger partial charge in [0.05, 0.1) is 19.8 Å². The molecule has 0 fully saturated rings. The number of hydrogen-bond donors (Lipinski definition) is 0. The molecule has 16 heavy (non-hydrogen) atoms. The molecule has 0 unspecified atom stereocenters. The normalized spacial score (nSPS) is 11.2. The monoisotopic (exact) mass is 479 g/mol. The summed E-state index contributed by atoms with van der Waals surface area (Å²) < 4.78 is 26.9. The third-order valence-electron chi connectivity index (χ3n) is 1.82. The first-order valence-electron chi connectivity index (χ1n) is 5.72. The average Bonchev–Trinajstić information content (AvgIpc) is 2.18. The van der Waals surface area contributed by atoms with E-state index >= 15 is 0 Å². The van der Waals surface area contributed by atoms with E-state index in [1.165, 1.54) is 12.8 Å². The zero-order valence-electron chi connectivity index (χ0n) is 10.4. The van der Waals surface area contributed by atoms with Gasteiger partial charge >= 0.3 is 7.82 Å². The molecule has 0 atom stereocenters. The van der Waals surface area contributed by atoms with E-state index in [9.17, 15) is 4.57 Å². The Labute approximate surface area is 107 Å². The summed E-state index contributed by atoms with van der Waals surface area (Å²) in [6.07, 6.45) is 4.35. The van der Waals surface area contributed by atoms with Crippen LogP contribution in [-0.4, -0.2) is 19.8 Å². The molecule has 0 aliphatic heterocycles. The molecule has 0 aliphatic rings. The number of unbranched alkanes of at least 4 members (excludes halogenated alkanes) is 3. The molecule has 0 N–H and O–H groups in total. The standard InChI is InChI=1S/C10H23O4P.Am/c1-4-7-8-9-10-14-15(11,12-5-2)13-6-3;/h4-10H2,1-3H3;. The van der Waals surface area contributed by atoms with E-state index in [2.05, 4.69) is 6.92 Å². The molecule has 1 radical (unpaired) electrons. The molecular formula is C10H23AmO4P. The van der Waals surface area contributed by atoms with Gasteiger partial charge in [-0.3, -0.25) is 13.6 Å². The molecule has 0 saturated heterocycles. The largest absolute Gasteiger partial charge is 0.474 e. The zero-order chi connectivity index (χ0) is 11.6. The second-order valence-corrected chi connectivity index (χ2v) is 4.85. The number of hydrogen-bond acceptors (Lipinski definition) is 4. The van der Waals surface area contributed by atoms with Crippen molar-refractivity contribution in [3.05, 3.63) is 0 Å². The summed E-state index contributed by atoms with van der Waals surface area (Å²) in [5.74, 6) is 0. The Morgan fingerprint density at radius 3 is 1.88 bits per heavy atom. The number of rotatable bonds is 10. The van der Waals surface area contributed by atoms with Crippen molar-refractivity contribution in [2.24, 2.45) is 0 Å². The van der Waals surface area contributed by atoms with Crippen LogP contribution in [0.3, 0.4) is 0 Å². The molecule has 0 saturated carbocycles. The summed E-state index contributed by atoms with van der Waals surface area (Å²) in [5.41, 5.74) is 0. The van der Waals surface area contributed by atoms with Gasteiger partial charge in [0.15, 0.2) is 0 Å². The smallest absolute Gasteiger partial charge is 0.287 e. The van der Waals surface area contributed by atoms with Gasteiger partial charge in [-0.2, -0.15) is 0 Å². The van der Waals surface area contributed by atoms with Crippen LogP contribution in [-0.2, 0) is 18.1 Å². The fraction of sp³-hybridized carbons (Fsp3) is 1.00. The Morgan fingerprint density at radius 1 is 0.875 bits per heavy atom. The average molecular weight is 481 g/mol. The number of phosphoric acid groups is 1. The maximum atomic E-state index is 11.8. The van der Waals surface area contributed by atoms with Gasteiger partial charge in [0.25, 0.3) is 0 Å². The van der Waals surface area contributed by atoms with E-state index in [4.69, 9.17) is 13.6 Å². The Morgan fingerprint density at radius 2 is 1.44 bits per heavy atom. The maximum Gasteiger partial charge on any atom is 0.474 e. The number of phosphoric ester groups is 1. The minimum absolute atomic E-state index is 0. The predicted molar refractivity (Wildman–Crippen MR) is 61.0 cm³/mol. The van der Waals surface area contributed by atoms with Crippen LogP contribution < -0.4 is 0 Å². The topological polar surface area (TPSA) is 44.8 Å². The van der Waals surface area contributed by atoms with Gasteiger partial charge in [0.2, 0.25) is 0 Å². The third-order valence-corrected chi connectivity index (χ3v) is 3.47. The Bertz CT molecular complexity index is 180. The molecule has 0 aromatic carbocycles. The van der Waals surface area contributed by atoms with E-state index in [1.54, 1.807) is 13.8 Å². The van der Waals surface area contributed by atoms with Crippen molar-refractivity contribution in [1.82, 2.24) is 0 Å². The first-order valence-corrected chi connectivity index (χ1v) is 7.18. The molecule has 0 aromatic heterocycles. The van der Waals surface area contributed by atoms with Crippen molar-refractivity contribution in [3.63, 3.8) is 0 Å². The molecule has 0 aliphatic carbocycles. The maximum absolute atomic E-state index is 11.8. The van der Waals surface area contributed by atoms with Crippen molar-refractivity contribution >= 4 is 7.82 Å². The molecule has 0 amide bonds. The van der Waals surface area contributed by atoms with Gasteiger partial charge in [-0.05, 0) is 20.3 Å². The Kier molecular flexibility index (Phi) is 14.1. The summed E-state index contributed by atoms with van der Waals surface area (Å²) in [7, 11) is -3.27. The van der Waals surface area contributed by atoms with Crippen molar-refractivity contribution in [2.45, 2.75) is 46.5 Å². The molecule has 0 spiro atoms. The summed E-state index contributed by atoms with van der Waals surface area (Å²) >= 11 is 0. The first-order chi connectivity index (χ1) is 7.18.